The van der Waals surface area contributed by atoms with Crippen LogP contribution in [0.5, 0.6) is 0 Å². The van der Waals surface area contributed by atoms with Crippen molar-refractivity contribution in [3.8, 4) is 0 Å². The number of thiol groups is 1. The number of nitrogens with two attached hydrogens (primary N) is 3. The van der Waals surface area contributed by atoms with Gasteiger partial charge < -0.3 is 111 Å². The summed E-state index contributed by atoms with van der Waals surface area (Å²) in [5.74, 6) is -17.8. The van der Waals surface area contributed by atoms with Crippen molar-refractivity contribution in [2.24, 2.45) is 17.4 Å². The van der Waals surface area contributed by atoms with E-state index >= 15 is 0 Å². The molecule has 0 bridgehead atoms. The van der Waals surface area contributed by atoms with Crippen molar-refractivity contribution in [3.63, 3.8) is 0 Å². The highest BCUT2D eigenvalue weighted by atomic mass is 32.1. The molecular formula is C65H88N18O23S. The Labute approximate surface area is 614 Å². The molecule has 0 radical (unpaired) electrons. The monoisotopic (exact) mass is 1520 g/mol. The van der Waals surface area contributed by atoms with Crippen LogP contribution in [-0.4, -0.2) is 213 Å². The minimum atomic E-state index is -1.88. The largest absolute Gasteiger partial charge is 0.481 e. The van der Waals surface area contributed by atoms with E-state index in [2.05, 4.69) is 85.7 Å². The van der Waals surface area contributed by atoms with Gasteiger partial charge in [0.25, 0.3) is 5.91 Å². The van der Waals surface area contributed by atoms with Crippen LogP contribution in [0.3, 0.4) is 0 Å². The number of H-pyrrole nitrogens is 1. The molecule has 107 heavy (non-hydrogen) atoms. The maximum Gasteiger partial charge on any atom is 0.326 e. The molecule has 0 unspecified atom stereocenters. The number of primary amides is 1. The number of urea groups is 2. The Morgan fingerprint density at radius 3 is 1.65 bits per heavy atom. The lowest BCUT2D eigenvalue weighted by Gasteiger charge is -2.25. The Hall–Kier alpha value is -12.1. The van der Waals surface area contributed by atoms with Gasteiger partial charge in [-0.15, -0.1) is 0 Å². The van der Waals surface area contributed by atoms with E-state index < -0.39 is 187 Å². The number of fused-ring (bicyclic) bond motifs is 1. The van der Waals surface area contributed by atoms with Crippen LogP contribution in [0.1, 0.15) is 130 Å². The zero-order valence-corrected chi connectivity index (χ0v) is 58.6. The highest BCUT2D eigenvalue weighted by molar-refractivity contribution is 7.80. The van der Waals surface area contributed by atoms with Crippen LogP contribution in [-0.2, 0) is 81.8 Å². The van der Waals surface area contributed by atoms with Gasteiger partial charge in [-0.3, -0.25) is 57.5 Å². The lowest BCUT2D eigenvalue weighted by Crippen LogP contribution is -2.55. The van der Waals surface area contributed by atoms with Crippen molar-refractivity contribution in [1.82, 2.24) is 73.1 Å². The van der Waals surface area contributed by atoms with Gasteiger partial charge in [-0.25, -0.2) is 33.9 Å². The Balaban J connectivity index is 1.22. The molecule has 0 saturated heterocycles. The van der Waals surface area contributed by atoms with Crippen LogP contribution in [0.2, 0.25) is 0 Å². The molecule has 0 spiro atoms. The van der Waals surface area contributed by atoms with Gasteiger partial charge in [0.05, 0.1) is 43.7 Å². The van der Waals surface area contributed by atoms with Crippen molar-refractivity contribution < 1.29 is 107 Å². The molecule has 11 amide bonds. The predicted molar refractivity (Wildman–Crippen MR) is 378 cm³/mol. The van der Waals surface area contributed by atoms with E-state index in [0.717, 1.165) is 0 Å². The van der Waals surface area contributed by atoms with Crippen LogP contribution in [0.15, 0.2) is 59.5 Å². The number of benzene rings is 2. The van der Waals surface area contributed by atoms with E-state index in [4.69, 9.17) is 22.3 Å². The first-order chi connectivity index (χ1) is 50.7. The summed E-state index contributed by atoms with van der Waals surface area (Å²) in [6, 6.07) is -0.684. The third-order valence-electron chi connectivity index (χ3n) is 15.9. The molecule has 2 heterocycles. The Kier molecular flexibility index (Phi) is 36.9. The number of rotatable bonds is 50. The molecule has 4 rings (SSSR count). The Morgan fingerprint density at radius 1 is 0.505 bits per heavy atom. The van der Waals surface area contributed by atoms with Crippen LogP contribution >= 0.6 is 12.6 Å². The standard InChI is InChI=1S/C65H88N18O23S/c66-22-4-1-7-36(56(95)79-45(32-107)58(97)76-39(53(67)93)8-2-5-23-69-47(85)20-18-41(61(101)102)77-55(94)35-14-16-37(17-15-35)71-30-38-31-72-54-52(74-38)59(98)83-63(68)82-54)26-46(84)43(27-50(89)90)78-57(96)44(28-51(91)92)75-48(86)25-33-10-12-34(13-11-33)29-73-64(105)70-24-6-3-9-40(60(99)100)80-65(106)81-42(62(103)104)19-21-49(87)88/h10-17,31,36,39-45,71,107H,1-9,18-30,32,66H2,(H2,67,93)(H,69,85)(H,75,86)(H,76,97)(H,77,94)(H,78,96)(H,79,95)(H,87,88)(H,89,90)(H,91,92)(H,99,100)(H,101,102)(H,103,104)(H2,70,73,105)(H2,80,81,106)(H3,68,72,82,83,98)/t36-,39+,40+,41+,42+,43+,44+,45+/m1/s1. The minimum Gasteiger partial charge on any atom is -0.481 e. The minimum absolute atomic E-state index is 0.0112. The number of carbonyl (C=O) groups excluding carboxylic acids is 10. The molecule has 8 atom stereocenters. The average molecular weight is 1520 g/mol. The number of nitrogens with one attached hydrogen (secondary N) is 12. The van der Waals surface area contributed by atoms with E-state index in [1.807, 2.05) is 5.32 Å². The molecule has 582 valence electrons. The number of nitrogens with zero attached hydrogens (tertiary/aromatic N) is 3. The number of Topliss-reactive ketones (excluding diaryl/α,β-unsaturated/α-hetero) is 1. The fourth-order valence-electron chi connectivity index (χ4n) is 10.2. The van der Waals surface area contributed by atoms with E-state index in [-0.39, 0.29) is 125 Å². The number of aromatic nitrogens is 4. The summed E-state index contributed by atoms with van der Waals surface area (Å²) in [6.45, 7) is 0.390. The summed E-state index contributed by atoms with van der Waals surface area (Å²) in [5, 5.41) is 83.7. The number of carboxylic acid groups (broad SMARTS) is 6. The number of nitrogen functional groups attached to an aromatic ring is 1. The summed E-state index contributed by atoms with van der Waals surface area (Å²) in [7, 11) is 0. The number of anilines is 2. The quantitative estimate of drug-likeness (QED) is 0.0160. The molecule has 0 fully saturated rings. The van der Waals surface area contributed by atoms with E-state index in [1.54, 1.807) is 24.3 Å². The SMILES string of the molecule is NCCCC[C@H](CC(=O)[C@H](CC(=O)O)NC(=O)[C@H](CC(=O)O)NC(=O)Cc1ccc(CNC(=O)NCCCC[C@H](NC(=O)N[C@@H](CCC(=O)O)C(=O)O)C(=O)O)cc1)C(=O)N[C@@H](CS)C(=O)N[C@@H](CCCCNC(=O)CC[C@H](NC(=O)c1ccc(NCc2cnc3[nH]c(N)nc(=O)c3n2)cc1)C(=O)O)C(N)=O. The van der Waals surface area contributed by atoms with Crippen molar-refractivity contribution in [2.45, 2.75) is 165 Å². The second-order valence-electron chi connectivity index (χ2n) is 24.3. The molecular weight excluding hydrogens is 1430 g/mol. The molecule has 2 aromatic carbocycles. The summed E-state index contributed by atoms with van der Waals surface area (Å²) in [6.07, 6.45) is -2.17. The number of aromatic amines is 1. The lowest BCUT2D eigenvalue weighted by molar-refractivity contribution is -0.143. The highest BCUT2D eigenvalue weighted by Gasteiger charge is 2.35. The number of amides is 11. The Bertz CT molecular complexity index is 3890. The first-order valence-electron chi connectivity index (χ1n) is 33.5. The third kappa shape index (κ3) is 32.6. The number of hydrogen-bond donors (Lipinski definition) is 22. The van der Waals surface area contributed by atoms with Gasteiger partial charge >= 0.3 is 53.4 Å². The number of unbranched alkanes of at least 4 members (excludes halogenated alkanes) is 3. The van der Waals surface area contributed by atoms with Crippen molar-refractivity contribution in [1.29, 1.82) is 0 Å². The topological polar surface area (TPSA) is 676 Å². The summed E-state index contributed by atoms with van der Waals surface area (Å²) in [5.41, 5.74) is 18.3. The van der Waals surface area contributed by atoms with Gasteiger partial charge in [0.2, 0.25) is 41.4 Å². The van der Waals surface area contributed by atoms with Crippen LogP contribution in [0.4, 0.5) is 21.2 Å². The first kappa shape index (κ1) is 87.3. The molecule has 24 N–H and O–H groups in total. The number of hydrogen-bond acceptors (Lipinski definition) is 24. The van der Waals surface area contributed by atoms with Crippen LogP contribution in [0.25, 0.3) is 11.2 Å². The van der Waals surface area contributed by atoms with Crippen LogP contribution < -0.4 is 81.2 Å². The molecule has 4 aromatic rings. The maximum atomic E-state index is 13.9. The zero-order valence-electron chi connectivity index (χ0n) is 57.7. The molecule has 41 nitrogen and oxygen atoms in total. The molecule has 42 heteroatoms. The van der Waals surface area contributed by atoms with Gasteiger partial charge in [0, 0.05) is 61.8 Å². The summed E-state index contributed by atoms with van der Waals surface area (Å²) >= 11 is 4.19. The van der Waals surface area contributed by atoms with Gasteiger partial charge in [-0.2, -0.15) is 17.6 Å². The molecule has 0 aliphatic heterocycles. The van der Waals surface area contributed by atoms with Crippen molar-refractivity contribution >= 4 is 130 Å². The summed E-state index contributed by atoms with van der Waals surface area (Å²) < 4.78 is 0. The predicted octanol–water partition coefficient (Wildman–Crippen LogP) is -2.55. The fourth-order valence-corrected chi connectivity index (χ4v) is 10.4. The van der Waals surface area contributed by atoms with Gasteiger partial charge in [-0.05, 0) is 106 Å². The van der Waals surface area contributed by atoms with E-state index in [0.29, 0.717) is 28.9 Å². The van der Waals surface area contributed by atoms with Gasteiger partial charge in [0.1, 0.15) is 36.3 Å². The fraction of sp³-hybridized carbons (Fsp3) is 0.477. The van der Waals surface area contributed by atoms with E-state index in [9.17, 15) is 107 Å². The smallest absolute Gasteiger partial charge is 0.326 e. The second-order valence-corrected chi connectivity index (χ2v) is 24.7. The molecule has 0 saturated carbocycles. The molecule has 0 aliphatic rings. The summed E-state index contributed by atoms with van der Waals surface area (Å²) in [4.78, 5) is 228. The number of ketones is 1. The maximum absolute atomic E-state index is 13.9. The highest BCUT2D eigenvalue weighted by Crippen LogP contribution is 2.19. The van der Waals surface area contributed by atoms with E-state index in [1.165, 1.54) is 30.5 Å². The average Bonchev–Trinajstić information content (AvgIpc) is 0.814. The van der Waals surface area contributed by atoms with Crippen molar-refractivity contribution in [3.05, 3.63) is 87.5 Å². The number of aliphatic carboxylic acids is 6. The first-order valence-corrected chi connectivity index (χ1v) is 34.2. The Morgan fingerprint density at radius 2 is 1.06 bits per heavy atom. The van der Waals surface area contributed by atoms with Crippen molar-refractivity contribution in [2.75, 3.05) is 36.4 Å². The van der Waals surface area contributed by atoms with Gasteiger partial charge in [-0.1, -0.05) is 30.7 Å². The second kappa shape index (κ2) is 45.2. The van der Waals surface area contributed by atoms with Gasteiger partial charge in [0.15, 0.2) is 16.9 Å². The molecule has 2 aromatic heterocycles. The van der Waals surface area contributed by atoms with Crippen LogP contribution in [0, 0.1) is 5.92 Å². The third-order valence-corrected chi connectivity index (χ3v) is 16.3. The normalized spacial score (nSPS) is 13.1. The molecule has 0 aliphatic carbocycles. The number of carbonyl (C=O) groups is 16. The zero-order chi connectivity index (χ0) is 79.3. The number of carboxylic acids is 6. The lowest BCUT2D eigenvalue weighted by atomic mass is 9.91.